The summed E-state index contributed by atoms with van der Waals surface area (Å²) in [6.45, 7) is 4.13. The molecule has 0 fully saturated rings. The highest BCUT2D eigenvalue weighted by Gasteiger charge is 2.29. The van der Waals surface area contributed by atoms with Gasteiger partial charge in [-0.15, -0.1) is 0 Å². The Bertz CT molecular complexity index is 1290. The fourth-order valence-electron chi connectivity index (χ4n) is 4.61. The van der Waals surface area contributed by atoms with E-state index in [0.717, 1.165) is 34.4 Å². The minimum absolute atomic E-state index is 0.0245. The molecular formula is C30H26NO2P. The molecule has 1 heterocycles. The lowest BCUT2D eigenvalue weighted by Gasteiger charge is -2.25. The second-order valence-electron chi connectivity index (χ2n) is 8.54. The van der Waals surface area contributed by atoms with Crippen molar-refractivity contribution >= 4 is 23.8 Å². The smallest absolute Gasteiger partial charge is 0.129 e. The van der Waals surface area contributed by atoms with Crippen LogP contribution in [0.1, 0.15) is 25.8 Å². The van der Waals surface area contributed by atoms with E-state index in [1.165, 1.54) is 10.6 Å². The molecule has 168 valence electrons. The third-order valence-electron chi connectivity index (χ3n) is 5.99. The van der Waals surface area contributed by atoms with E-state index in [2.05, 4.69) is 80.6 Å². The quantitative estimate of drug-likeness (QED) is 0.354. The van der Waals surface area contributed by atoms with Gasteiger partial charge in [-0.3, -0.25) is 0 Å². The van der Waals surface area contributed by atoms with Crippen LogP contribution in [0.15, 0.2) is 97.1 Å². The lowest BCUT2D eigenvalue weighted by Crippen LogP contribution is -2.23. The van der Waals surface area contributed by atoms with Crippen LogP contribution < -0.4 is 25.4 Å². The molecule has 0 N–H and O–H groups in total. The third kappa shape index (κ3) is 4.30. The number of rotatable bonds is 3. The molecule has 2 atom stereocenters. The fraction of sp³-hybridized carbons (Fsp3) is 0.167. The van der Waals surface area contributed by atoms with Crippen LogP contribution in [-0.2, 0) is 0 Å². The summed E-state index contributed by atoms with van der Waals surface area (Å²) in [5.41, 5.74) is 2.36. The van der Waals surface area contributed by atoms with Crippen LogP contribution in [0, 0.1) is 11.3 Å². The predicted octanol–water partition coefficient (Wildman–Crippen LogP) is 5.92. The molecule has 1 aliphatic heterocycles. The van der Waals surface area contributed by atoms with E-state index in [-0.39, 0.29) is 12.2 Å². The molecule has 4 aromatic carbocycles. The number of benzene rings is 4. The summed E-state index contributed by atoms with van der Waals surface area (Å²) in [5.74, 6) is 1.53. The highest BCUT2D eigenvalue weighted by atomic mass is 31.1. The van der Waals surface area contributed by atoms with Gasteiger partial charge in [0.2, 0.25) is 0 Å². The third-order valence-corrected chi connectivity index (χ3v) is 8.47. The van der Waals surface area contributed by atoms with Crippen molar-refractivity contribution in [3.8, 4) is 28.7 Å². The molecule has 0 unspecified atom stereocenters. The molecule has 0 aliphatic carbocycles. The summed E-state index contributed by atoms with van der Waals surface area (Å²) in [7, 11) is -0.902. The summed E-state index contributed by atoms with van der Waals surface area (Å²) in [6.07, 6.45) is 0.695. The van der Waals surface area contributed by atoms with Crippen molar-refractivity contribution in [2.75, 3.05) is 0 Å². The van der Waals surface area contributed by atoms with Crippen molar-refractivity contribution in [3.63, 3.8) is 0 Å². The van der Waals surface area contributed by atoms with E-state index in [1.807, 2.05) is 36.4 Å². The molecule has 1 aliphatic rings. The SMILES string of the molecule is C[C@@H]1C[C@H](C)Oc2cccc(C#N)c2-c2c(cccc2P(c2ccccc2)c2ccccc2)O1. The minimum atomic E-state index is -0.902. The summed E-state index contributed by atoms with van der Waals surface area (Å²) in [4.78, 5) is 0. The van der Waals surface area contributed by atoms with Gasteiger partial charge in [-0.2, -0.15) is 5.26 Å². The lowest BCUT2D eigenvalue weighted by molar-refractivity contribution is 0.134. The zero-order valence-electron chi connectivity index (χ0n) is 19.3. The number of nitrogens with zero attached hydrogens (tertiary/aromatic N) is 1. The summed E-state index contributed by atoms with van der Waals surface area (Å²) < 4.78 is 12.9. The van der Waals surface area contributed by atoms with Crippen LogP contribution in [-0.4, -0.2) is 12.2 Å². The molecule has 0 amide bonds. The number of ether oxygens (including phenoxy) is 2. The van der Waals surface area contributed by atoms with E-state index < -0.39 is 7.92 Å². The molecule has 34 heavy (non-hydrogen) atoms. The Morgan fingerprint density at radius 2 is 1.21 bits per heavy atom. The predicted molar refractivity (Wildman–Crippen MR) is 140 cm³/mol. The van der Waals surface area contributed by atoms with E-state index in [4.69, 9.17) is 9.47 Å². The van der Waals surface area contributed by atoms with Crippen LogP contribution in [0.25, 0.3) is 11.1 Å². The molecule has 0 spiro atoms. The minimum Gasteiger partial charge on any atom is -0.490 e. The van der Waals surface area contributed by atoms with Gasteiger partial charge in [0.15, 0.2) is 0 Å². The van der Waals surface area contributed by atoms with Crippen molar-refractivity contribution in [1.82, 2.24) is 0 Å². The average Bonchev–Trinajstić information content (AvgIpc) is 2.90. The van der Waals surface area contributed by atoms with Gasteiger partial charge >= 0.3 is 0 Å². The largest absolute Gasteiger partial charge is 0.490 e. The van der Waals surface area contributed by atoms with Crippen LogP contribution in [0.2, 0.25) is 0 Å². The first-order chi connectivity index (χ1) is 16.7. The molecule has 5 rings (SSSR count). The zero-order chi connectivity index (χ0) is 23.5. The van der Waals surface area contributed by atoms with Crippen LogP contribution in [0.4, 0.5) is 0 Å². The molecule has 4 aromatic rings. The Morgan fingerprint density at radius 1 is 0.676 bits per heavy atom. The van der Waals surface area contributed by atoms with Gasteiger partial charge in [-0.05, 0) is 55.9 Å². The summed E-state index contributed by atoms with van der Waals surface area (Å²) >= 11 is 0. The second kappa shape index (κ2) is 9.72. The number of hydrogen-bond acceptors (Lipinski definition) is 3. The van der Waals surface area contributed by atoms with Gasteiger partial charge in [0.1, 0.15) is 11.5 Å². The van der Waals surface area contributed by atoms with Crippen molar-refractivity contribution in [2.24, 2.45) is 0 Å². The summed E-state index contributed by atoms with van der Waals surface area (Å²) in [5, 5.41) is 13.7. The van der Waals surface area contributed by atoms with Gasteiger partial charge in [-0.1, -0.05) is 78.9 Å². The van der Waals surface area contributed by atoms with Crippen LogP contribution >= 0.6 is 7.92 Å². The molecule has 0 bridgehead atoms. The standard InChI is InChI=1S/C30H26NO2P/c1-21-19-22(2)33-27-17-10-18-28(30(27)29-23(20-31)11-9-16-26(29)32-21)34(24-12-5-3-6-13-24)25-14-7-4-8-15-25/h3-18,21-22H,19H2,1-2H3/t21-,22+/m0/s1. The lowest BCUT2D eigenvalue weighted by atomic mass is 9.98. The monoisotopic (exact) mass is 463 g/mol. The number of hydrogen-bond donors (Lipinski definition) is 0. The molecule has 0 saturated carbocycles. The molecule has 0 radical (unpaired) electrons. The van der Waals surface area contributed by atoms with Gasteiger partial charge in [-0.25, -0.2) is 0 Å². The number of nitriles is 1. The first kappa shape index (κ1) is 22.2. The molecule has 3 nitrogen and oxygen atoms in total. The Kier molecular flexibility index (Phi) is 6.35. The second-order valence-corrected chi connectivity index (χ2v) is 10.7. The van der Waals surface area contributed by atoms with Crippen LogP contribution in [0.5, 0.6) is 11.5 Å². The van der Waals surface area contributed by atoms with Gasteiger partial charge < -0.3 is 9.47 Å². The Labute approximate surface area is 202 Å². The van der Waals surface area contributed by atoms with Crippen molar-refractivity contribution < 1.29 is 9.47 Å². The van der Waals surface area contributed by atoms with Crippen LogP contribution in [0.3, 0.4) is 0 Å². The molecule has 0 aromatic heterocycles. The maximum Gasteiger partial charge on any atom is 0.129 e. The van der Waals surface area contributed by atoms with E-state index in [1.54, 1.807) is 0 Å². The van der Waals surface area contributed by atoms with Crippen molar-refractivity contribution in [2.45, 2.75) is 32.5 Å². The Balaban J connectivity index is 1.85. The highest BCUT2D eigenvalue weighted by molar-refractivity contribution is 7.80. The Hall–Kier alpha value is -3.60. The highest BCUT2D eigenvalue weighted by Crippen LogP contribution is 2.46. The Morgan fingerprint density at radius 3 is 1.76 bits per heavy atom. The van der Waals surface area contributed by atoms with Crippen molar-refractivity contribution in [1.29, 1.82) is 5.26 Å². The zero-order valence-corrected chi connectivity index (χ0v) is 20.2. The molecule has 4 heteroatoms. The molecular weight excluding hydrogens is 437 g/mol. The topological polar surface area (TPSA) is 42.2 Å². The maximum atomic E-state index is 10.1. The van der Waals surface area contributed by atoms with Crippen molar-refractivity contribution in [3.05, 3.63) is 103 Å². The van der Waals surface area contributed by atoms with Gasteiger partial charge in [0.05, 0.1) is 23.8 Å². The van der Waals surface area contributed by atoms with E-state index in [0.29, 0.717) is 5.56 Å². The first-order valence-corrected chi connectivity index (χ1v) is 12.9. The first-order valence-electron chi connectivity index (χ1n) is 11.6. The number of fused-ring (bicyclic) bond motifs is 3. The maximum absolute atomic E-state index is 10.1. The normalized spacial score (nSPS) is 17.1. The fourth-order valence-corrected chi connectivity index (χ4v) is 7.09. The van der Waals surface area contributed by atoms with Gasteiger partial charge in [0.25, 0.3) is 0 Å². The molecule has 0 saturated heterocycles. The average molecular weight is 464 g/mol. The van der Waals surface area contributed by atoms with E-state index >= 15 is 0 Å². The van der Waals surface area contributed by atoms with Gasteiger partial charge in [0, 0.05) is 17.5 Å². The van der Waals surface area contributed by atoms with E-state index in [9.17, 15) is 5.26 Å². The summed E-state index contributed by atoms with van der Waals surface area (Å²) in [6, 6.07) is 35.6.